The zero-order chi connectivity index (χ0) is 37.1. The Bertz CT molecular complexity index is 1170. The first kappa shape index (κ1) is 41.1. The van der Waals surface area contributed by atoms with Gasteiger partial charge in [0.15, 0.2) is 17.7 Å². The summed E-state index contributed by atoms with van der Waals surface area (Å²) in [7, 11) is 5.52. The van der Waals surface area contributed by atoms with Crippen molar-refractivity contribution < 1.29 is 43.2 Å². The fourth-order valence-electron chi connectivity index (χ4n) is 9.14. The highest BCUT2D eigenvalue weighted by molar-refractivity contribution is 6.00. The normalized spacial score (nSPS) is 43.8. The van der Waals surface area contributed by atoms with E-state index in [4.69, 9.17) is 23.7 Å². The molecule has 2 unspecified atom stereocenters. The topological polar surface area (TPSA) is 136 Å². The van der Waals surface area contributed by atoms with E-state index in [2.05, 4.69) is 24.1 Å². The summed E-state index contributed by atoms with van der Waals surface area (Å²) < 4.78 is 31.7. The number of methoxy groups -OCH3 is 1. The number of carbonyl (C=O) groups is 3. The van der Waals surface area contributed by atoms with E-state index in [9.17, 15) is 19.5 Å². The van der Waals surface area contributed by atoms with Gasteiger partial charge in [0.1, 0.15) is 18.1 Å². The van der Waals surface area contributed by atoms with E-state index in [1.807, 2.05) is 46.7 Å². The number of likely N-dealkylation sites (tertiary alicyclic amines) is 1. The van der Waals surface area contributed by atoms with E-state index in [0.717, 1.165) is 25.9 Å². The Morgan fingerprint density at radius 2 is 1.74 bits per heavy atom. The second-order valence-corrected chi connectivity index (χ2v) is 16.4. The number of nitrogens with one attached hydrogen (secondary N) is 1. The molecule has 0 aromatic carbocycles. The average molecular weight is 710 g/mol. The van der Waals surface area contributed by atoms with Crippen LogP contribution in [0.4, 0.5) is 0 Å². The van der Waals surface area contributed by atoms with Crippen molar-refractivity contribution >= 4 is 17.7 Å². The number of hydrogen-bond donors (Lipinski definition) is 2. The molecule has 0 aliphatic carbocycles. The molecular formula is C38H67N3O9. The van der Waals surface area contributed by atoms with Crippen molar-refractivity contribution in [3.05, 3.63) is 0 Å². The minimum atomic E-state index is -1.12. The Morgan fingerprint density at radius 3 is 2.34 bits per heavy atom. The summed E-state index contributed by atoms with van der Waals surface area (Å²) in [4.78, 5) is 45.2. The van der Waals surface area contributed by atoms with Gasteiger partial charge in [-0.3, -0.25) is 19.3 Å². The van der Waals surface area contributed by atoms with Crippen LogP contribution in [-0.2, 0) is 38.1 Å². The Labute approximate surface area is 300 Å². The van der Waals surface area contributed by atoms with Gasteiger partial charge in [-0.25, -0.2) is 0 Å². The lowest BCUT2D eigenvalue weighted by Crippen LogP contribution is -2.61. The van der Waals surface area contributed by atoms with E-state index in [1.165, 1.54) is 6.42 Å². The number of fused-ring (bicyclic) bond motifs is 1. The number of piperidine rings is 1. The first-order chi connectivity index (χ1) is 23.5. The van der Waals surface area contributed by atoms with Gasteiger partial charge in [-0.2, -0.15) is 0 Å². The fraction of sp³-hybridized carbons (Fsp3) is 0.921. The molecule has 4 aliphatic heterocycles. The largest absolute Gasteiger partial charge is 0.458 e. The summed E-state index contributed by atoms with van der Waals surface area (Å²) in [5.41, 5.74) is -2.05. The van der Waals surface area contributed by atoms with Crippen molar-refractivity contribution in [2.75, 3.05) is 40.8 Å². The number of esters is 2. The maximum Gasteiger partial charge on any atom is 0.316 e. The minimum Gasteiger partial charge on any atom is -0.458 e. The SMILES string of the molecule is CC[C@H]1OC(=O)C(C)C(=O)[C@H](C)[C@@H](O[C@@H]2O[C@H]([C@H](C)N3CCCCC3)CC(N(C)C)[C@H]2O)[C@](C)(OC)C[C@@H](C)CN[C@H](C)[C@H]2CC(=O)O[C@@]21C. The van der Waals surface area contributed by atoms with Gasteiger partial charge in [-0.15, -0.1) is 0 Å². The number of likely N-dealkylation sites (N-methyl/N-ethyl adjacent to an activating group) is 1. The predicted octanol–water partition coefficient (Wildman–Crippen LogP) is 3.56. The van der Waals surface area contributed by atoms with Gasteiger partial charge in [0.25, 0.3) is 0 Å². The lowest BCUT2D eigenvalue weighted by atomic mass is 9.78. The predicted molar refractivity (Wildman–Crippen MR) is 189 cm³/mol. The van der Waals surface area contributed by atoms with Crippen molar-refractivity contribution in [2.24, 2.45) is 23.7 Å². The molecule has 4 rings (SSSR count). The molecule has 4 fully saturated rings. The summed E-state index contributed by atoms with van der Waals surface area (Å²) in [5, 5.41) is 15.4. The van der Waals surface area contributed by atoms with E-state index in [0.29, 0.717) is 25.8 Å². The number of rotatable bonds is 7. The summed E-state index contributed by atoms with van der Waals surface area (Å²) in [6, 6.07) is -0.238. The van der Waals surface area contributed by atoms with Gasteiger partial charge in [0.2, 0.25) is 0 Å². The third-order valence-electron chi connectivity index (χ3n) is 12.5. The molecule has 0 radical (unpaired) electrons. The number of nitrogens with zero attached hydrogens (tertiary/aromatic N) is 2. The smallest absolute Gasteiger partial charge is 0.316 e. The zero-order valence-corrected chi connectivity index (χ0v) is 32.6. The lowest BCUT2D eigenvalue weighted by Gasteiger charge is -2.49. The molecule has 14 atom stereocenters. The molecule has 12 heteroatoms. The summed E-state index contributed by atoms with van der Waals surface area (Å²) >= 11 is 0. The summed E-state index contributed by atoms with van der Waals surface area (Å²) in [5.74, 6) is -3.48. The summed E-state index contributed by atoms with van der Waals surface area (Å²) in [6.07, 6.45) is 1.51. The zero-order valence-electron chi connectivity index (χ0n) is 32.6. The monoisotopic (exact) mass is 709 g/mol. The molecule has 0 bridgehead atoms. The molecule has 0 amide bonds. The van der Waals surface area contributed by atoms with Crippen LogP contribution in [0.3, 0.4) is 0 Å². The number of aliphatic hydroxyl groups excluding tert-OH is 1. The second-order valence-electron chi connectivity index (χ2n) is 16.4. The second kappa shape index (κ2) is 17.0. The van der Waals surface area contributed by atoms with Gasteiger partial charge in [0, 0.05) is 37.1 Å². The number of ether oxygens (including phenoxy) is 5. The van der Waals surface area contributed by atoms with Crippen LogP contribution in [0.5, 0.6) is 0 Å². The number of Topliss-reactive ketones (excluding diaryl/α,β-unsaturated/α-hetero) is 1. The molecule has 4 aliphatic rings. The average Bonchev–Trinajstić information content (AvgIpc) is 3.41. The standard InChI is InChI=1S/C38H67N3O9/c1-12-30-38(8)27(18-31(42)50-38)25(5)39-21-22(2)20-37(7,46-11)34(23(3)32(43)24(4)35(45)48-30)49-36-33(44)28(40(9)10)19-29(47-36)26(6)41-16-14-13-15-17-41/h22-30,33-34,36,39,44H,12-21H2,1-11H3/t22-,23+,24?,25-,26+,27-,28?,29+,30-,33-,34-,36+,37-,38+/m1/s1. The van der Waals surface area contributed by atoms with Crippen LogP contribution in [-0.4, -0.2) is 134 Å². The van der Waals surface area contributed by atoms with E-state index in [-0.39, 0.29) is 54.2 Å². The molecule has 0 saturated carbocycles. The van der Waals surface area contributed by atoms with Gasteiger partial charge in [0.05, 0.1) is 24.2 Å². The molecule has 0 spiro atoms. The molecule has 12 nitrogen and oxygen atoms in total. The highest BCUT2D eigenvalue weighted by Gasteiger charge is 2.55. The lowest BCUT2D eigenvalue weighted by molar-refractivity contribution is -0.303. The first-order valence-corrected chi connectivity index (χ1v) is 19.1. The third kappa shape index (κ3) is 8.75. The molecule has 0 aromatic heterocycles. The minimum absolute atomic E-state index is 0.0566. The molecule has 288 valence electrons. The number of cyclic esters (lactones) is 1. The number of hydrogen-bond acceptors (Lipinski definition) is 12. The van der Waals surface area contributed by atoms with Crippen LogP contribution >= 0.6 is 0 Å². The van der Waals surface area contributed by atoms with Crippen molar-refractivity contribution in [3.63, 3.8) is 0 Å². The van der Waals surface area contributed by atoms with Gasteiger partial charge in [-0.1, -0.05) is 27.2 Å². The molecule has 4 heterocycles. The van der Waals surface area contributed by atoms with Crippen LogP contribution in [0, 0.1) is 23.7 Å². The number of ketones is 1. The van der Waals surface area contributed by atoms with Crippen LogP contribution in [0.25, 0.3) is 0 Å². The van der Waals surface area contributed by atoms with E-state index < -0.39 is 53.6 Å². The van der Waals surface area contributed by atoms with Crippen LogP contribution < -0.4 is 5.32 Å². The van der Waals surface area contributed by atoms with Gasteiger partial charge < -0.3 is 39.0 Å². The Hall–Kier alpha value is -1.67. The number of aliphatic hydroxyl groups is 1. The Kier molecular flexibility index (Phi) is 14.0. The highest BCUT2D eigenvalue weighted by atomic mass is 16.7. The Morgan fingerprint density at radius 1 is 1.08 bits per heavy atom. The highest BCUT2D eigenvalue weighted by Crippen LogP contribution is 2.42. The van der Waals surface area contributed by atoms with E-state index in [1.54, 1.807) is 21.0 Å². The van der Waals surface area contributed by atoms with Crippen LogP contribution in [0.2, 0.25) is 0 Å². The molecule has 2 N–H and O–H groups in total. The van der Waals surface area contributed by atoms with Gasteiger partial charge >= 0.3 is 11.9 Å². The van der Waals surface area contributed by atoms with Gasteiger partial charge in [-0.05, 0) is 106 Å². The molecule has 0 aromatic rings. The molecule has 4 saturated heterocycles. The maximum atomic E-state index is 14.3. The quantitative estimate of drug-likeness (QED) is 0.296. The maximum absolute atomic E-state index is 14.3. The first-order valence-electron chi connectivity index (χ1n) is 19.1. The van der Waals surface area contributed by atoms with Crippen molar-refractivity contribution in [3.8, 4) is 0 Å². The Balaban J connectivity index is 1.69. The summed E-state index contributed by atoms with van der Waals surface area (Å²) in [6.45, 7) is 17.9. The third-order valence-corrected chi connectivity index (χ3v) is 12.5. The number of carbonyl (C=O) groups excluding carboxylic acids is 3. The van der Waals surface area contributed by atoms with Crippen LogP contribution in [0.15, 0.2) is 0 Å². The molecular weight excluding hydrogens is 642 g/mol. The van der Waals surface area contributed by atoms with Crippen molar-refractivity contribution in [1.82, 2.24) is 15.1 Å². The molecule has 50 heavy (non-hydrogen) atoms. The van der Waals surface area contributed by atoms with Crippen molar-refractivity contribution in [2.45, 2.75) is 160 Å². The van der Waals surface area contributed by atoms with Crippen molar-refractivity contribution in [1.29, 1.82) is 0 Å². The van der Waals surface area contributed by atoms with Crippen LogP contribution in [0.1, 0.15) is 100 Å². The van der Waals surface area contributed by atoms with E-state index >= 15 is 0 Å². The fourth-order valence-corrected chi connectivity index (χ4v) is 9.14.